The summed E-state index contributed by atoms with van der Waals surface area (Å²) in [6, 6.07) is 10.1. The van der Waals surface area contributed by atoms with Crippen molar-refractivity contribution >= 4 is 11.6 Å². The molecule has 0 spiro atoms. The average molecular weight is 286 g/mol. The molecule has 0 bridgehead atoms. The molecule has 2 rings (SSSR count). The van der Waals surface area contributed by atoms with Crippen LogP contribution in [0.25, 0.3) is 0 Å². The monoisotopic (exact) mass is 286 g/mol. The van der Waals surface area contributed by atoms with E-state index in [1.54, 1.807) is 6.07 Å². The Morgan fingerprint density at radius 1 is 1.33 bits per heavy atom. The zero-order valence-corrected chi connectivity index (χ0v) is 12.0. The van der Waals surface area contributed by atoms with Crippen LogP contribution in [0.15, 0.2) is 36.4 Å². The van der Waals surface area contributed by atoms with Gasteiger partial charge in [0.05, 0.1) is 12.7 Å². The molecule has 0 heterocycles. The zero-order chi connectivity index (χ0) is 15.4. The van der Waals surface area contributed by atoms with Crippen LogP contribution >= 0.6 is 0 Å². The Morgan fingerprint density at radius 2 is 2.10 bits per heavy atom. The van der Waals surface area contributed by atoms with Gasteiger partial charge in [-0.15, -0.1) is 0 Å². The normalized spacial score (nSPS) is 10.2. The van der Waals surface area contributed by atoms with Gasteiger partial charge in [-0.1, -0.05) is 12.1 Å². The SMILES string of the molecule is COc1ccc(O)c(C(=O)NCc2cccc(N)c2C)c1. The van der Waals surface area contributed by atoms with Crippen LogP contribution in [-0.4, -0.2) is 18.1 Å². The summed E-state index contributed by atoms with van der Waals surface area (Å²) < 4.78 is 5.05. The Balaban J connectivity index is 2.13. The molecule has 0 aromatic heterocycles. The first kappa shape index (κ1) is 14.7. The highest BCUT2D eigenvalue weighted by atomic mass is 16.5. The summed E-state index contributed by atoms with van der Waals surface area (Å²) in [5.41, 5.74) is 8.57. The van der Waals surface area contributed by atoms with E-state index in [4.69, 9.17) is 10.5 Å². The number of phenols is 1. The number of nitrogens with two attached hydrogens (primary N) is 1. The second-order valence-corrected chi connectivity index (χ2v) is 4.70. The number of carbonyl (C=O) groups excluding carboxylic acids is 1. The van der Waals surface area contributed by atoms with Gasteiger partial charge in [0.1, 0.15) is 11.5 Å². The number of aromatic hydroxyl groups is 1. The molecule has 0 saturated heterocycles. The molecule has 5 nitrogen and oxygen atoms in total. The molecule has 21 heavy (non-hydrogen) atoms. The van der Waals surface area contributed by atoms with E-state index in [2.05, 4.69) is 5.32 Å². The van der Waals surface area contributed by atoms with E-state index in [1.807, 2.05) is 25.1 Å². The predicted octanol–water partition coefficient (Wildman–Crippen LogP) is 2.22. The van der Waals surface area contributed by atoms with Gasteiger partial charge in [-0.3, -0.25) is 4.79 Å². The molecule has 4 N–H and O–H groups in total. The van der Waals surface area contributed by atoms with Crippen molar-refractivity contribution in [2.45, 2.75) is 13.5 Å². The molecule has 2 aromatic carbocycles. The van der Waals surface area contributed by atoms with Crippen LogP contribution in [0.2, 0.25) is 0 Å². The second kappa shape index (κ2) is 6.17. The maximum Gasteiger partial charge on any atom is 0.255 e. The summed E-state index contributed by atoms with van der Waals surface area (Å²) >= 11 is 0. The van der Waals surface area contributed by atoms with Crippen molar-refractivity contribution in [1.29, 1.82) is 0 Å². The molecule has 0 radical (unpaired) electrons. The van der Waals surface area contributed by atoms with Crippen molar-refractivity contribution in [3.05, 3.63) is 53.1 Å². The topological polar surface area (TPSA) is 84.6 Å². The van der Waals surface area contributed by atoms with Crippen molar-refractivity contribution in [1.82, 2.24) is 5.32 Å². The van der Waals surface area contributed by atoms with Gasteiger partial charge < -0.3 is 20.9 Å². The van der Waals surface area contributed by atoms with Crippen molar-refractivity contribution in [2.24, 2.45) is 0 Å². The third-order valence-corrected chi connectivity index (χ3v) is 3.38. The fourth-order valence-corrected chi connectivity index (χ4v) is 1.99. The minimum Gasteiger partial charge on any atom is -0.507 e. The average Bonchev–Trinajstić information content (AvgIpc) is 2.49. The molecular formula is C16H18N2O3. The minimum absolute atomic E-state index is 0.0856. The van der Waals surface area contributed by atoms with Gasteiger partial charge in [-0.25, -0.2) is 0 Å². The first-order chi connectivity index (χ1) is 10.0. The second-order valence-electron chi connectivity index (χ2n) is 4.70. The van der Waals surface area contributed by atoms with Crippen LogP contribution < -0.4 is 15.8 Å². The van der Waals surface area contributed by atoms with Crippen molar-refractivity contribution in [3.63, 3.8) is 0 Å². The fourth-order valence-electron chi connectivity index (χ4n) is 1.99. The number of amides is 1. The highest BCUT2D eigenvalue weighted by Crippen LogP contribution is 2.23. The lowest BCUT2D eigenvalue weighted by Gasteiger charge is -2.11. The van der Waals surface area contributed by atoms with Gasteiger partial charge in [0.2, 0.25) is 0 Å². The van der Waals surface area contributed by atoms with E-state index in [9.17, 15) is 9.90 Å². The molecule has 0 aliphatic heterocycles. The maximum atomic E-state index is 12.1. The van der Waals surface area contributed by atoms with Crippen molar-refractivity contribution in [3.8, 4) is 11.5 Å². The summed E-state index contributed by atoms with van der Waals surface area (Å²) in [5.74, 6) is 0.0592. The Labute approximate surface area is 123 Å². The molecule has 5 heteroatoms. The minimum atomic E-state index is -0.367. The number of carbonyl (C=O) groups is 1. The van der Waals surface area contributed by atoms with Gasteiger partial charge in [-0.2, -0.15) is 0 Å². The predicted molar refractivity (Wildman–Crippen MR) is 81.4 cm³/mol. The van der Waals surface area contributed by atoms with E-state index >= 15 is 0 Å². The number of phenolic OH excluding ortho intramolecular Hbond substituents is 1. The number of rotatable bonds is 4. The molecule has 0 fully saturated rings. The molecular weight excluding hydrogens is 268 g/mol. The van der Waals surface area contributed by atoms with Gasteiger partial charge in [0.25, 0.3) is 5.91 Å². The summed E-state index contributed by atoms with van der Waals surface area (Å²) in [5, 5.41) is 12.5. The number of nitrogens with one attached hydrogen (secondary N) is 1. The molecule has 0 aliphatic carbocycles. The molecule has 0 aliphatic rings. The molecule has 0 atom stereocenters. The Hall–Kier alpha value is -2.69. The number of hydrogen-bond donors (Lipinski definition) is 3. The lowest BCUT2D eigenvalue weighted by molar-refractivity contribution is 0.0948. The van der Waals surface area contributed by atoms with Gasteiger partial charge in [-0.05, 0) is 42.3 Å². The number of anilines is 1. The summed E-state index contributed by atoms with van der Waals surface area (Å²) in [4.78, 5) is 12.1. The van der Waals surface area contributed by atoms with Crippen molar-refractivity contribution in [2.75, 3.05) is 12.8 Å². The van der Waals surface area contributed by atoms with Crippen molar-refractivity contribution < 1.29 is 14.6 Å². The standard InChI is InChI=1S/C16H18N2O3/c1-10-11(4-3-5-14(10)17)9-18-16(20)13-8-12(21-2)6-7-15(13)19/h3-8,19H,9,17H2,1-2H3,(H,18,20). The van der Waals surface area contributed by atoms with Crippen LogP contribution in [0.1, 0.15) is 21.5 Å². The quantitative estimate of drug-likeness (QED) is 0.752. The van der Waals surface area contributed by atoms with Crippen LogP contribution in [0.3, 0.4) is 0 Å². The Bertz CT molecular complexity index is 669. The largest absolute Gasteiger partial charge is 0.507 e. The van der Waals surface area contributed by atoms with Gasteiger partial charge in [0, 0.05) is 12.2 Å². The van der Waals surface area contributed by atoms with Crippen LogP contribution in [0.5, 0.6) is 11.5 Å². The van der Waals surface area contributed by atoms with Gasteiger partial charge >= 0.3 is 0 Å². The van der Waals surface area contributed by atoms with Crippen LogP contribution in [0, 0.1) is 6.92 Å². The molecule has 0 saturated carbocycles. The third-order valence-electron chi connectivity index (χ3n) is 3.38. The first-order valence-corrected chi connectivity index (χ1v) is 6.52. The lowest BCUT2D eigenvalue weighted by Crippen LogP contribution is -2.23. The molecule has 0 unspecified atom stereocenters. The van der Waals surface area contributed by atoms with E-state index in [1.165, 1.54) is 19.2 Å². The number of benzene rings is 2. The number of hydrogen-bond acceptors (Lipinski definition) is 4. The smallest absolute Gasteiger partial charge is 0.255 e. The summed E-state index contributed by atoms with van der Waals surface area (Å²) in [7, 11) is 1.50. The highest BCUT2D eigenvalue weighted by molar-refractivity contribution is 5.97. The summed E-state index contributed by atoms with van der Waals surface area (Å²) in [6.45, 7) is 2.24. The number of methoxy groups -OCH3 is 1. The lowest BCUT2D eigenvalue weighted by atomic mass is 10.1. The molecule has 1 amide bonds. The van der Waals surface area contributed by atoms with E-state index in [-0.39, 0.29) is 17.2 Å². The highest BCUT2D eigenvalue weighted by Gasteiger charge is 2.12. The van der Waals surface area contributed by atoms with E-state index in [0.717, 1.165) is 11.1 Å². The summed E-state index contributed by atoms with van der Waals surface area (Å²) in [6.07, 6.45) is 0. The Morgan fingerprint density at radius 3 is 2.81 bits per heavy atom. The van der Waals surface area contributed by atoms with Gasteiger partial charge in [0.15, 0.2) is 0 Å². The number of ether oxygens (including phenoxy) is 1. The fraction of sp³-hybridized carbons (Fsp3) is 0.188. The first-order valence-electron chi connectivity index (χ1n) is 6.52. The maximum absolute atomic E-state index is 12.1. The van der Waals surface area contributed by atoms with Crippen LogP contribution in [-0.2, 0) is 6.54 Å². The third kappa shape index (κ3) is 3.25. The van der Waals surface area contributed by atoms with E-state index < -0.39 is 0 Å². The molecule has 2 aromatic rings. The number of nitrogen functional groups attached to an aromatic ring is 1. The van der Waals surface area contributed by atoms with Crippen LogP contribution in [0.4, 0.5) is 5.69 Å². The molecule has 110 valence electrons. The van der Waals surface area contributed by atoms with E-state index in [0.29, 0.717) is 18.0 Å². The zero-order valence-electron chi connectivity index (χ0n) is 12.0. The Kier molecular flexibility index (Phi) is 4.33.